The summed E-state index contributed by atoms with van der Waals surface area (Å²) in [5.41, 5.74) is -1.46. The number of aromatic nitrogens is 3. The molecule has 2 N–H and O–H groups in total. The number of rotatable bonds is 1. The standard InChI is InChI=1S/C13H7ClF3N3O/c14-7-3-1-6(2-4-7)9-5-8(13(15,16)17)10-11(18-9)19-20-12(10)21/h1-5H,(H2,18,19,20,21). The molecule has 3 rings (SSSR count). The molecular formula is C13H7ClF3N3O. The Labute approximate surface area is 120 Å². The molecule has 0 fully saturated rings. The number of pyridine rings is 1. The molecule has 21 heavy (non-hydrogen) atoms. The van der Waals surface area contributed by atoms with Gasteiger partial charge in [-0.3, -0.25) is 15.0 Å². The molecule has 0 aliphatic carbocycles. The molecule has 0 aliphatic heterocycles. The van der Waals surface area contributed by atoms with Gasteiger partial charge in [0.05, 0.1) is 16.6 Å². The minimum atomic E-state index is -4.66. The fourth-order valence-electron chi connectivity index (χ4n) is 2.04. The minimum Gasteiger partial charge on any atom is -0.281 e. The lowest BCUT2D eigenvalue weighted by molar-refractivity contribution is -0.136. The highest BCUT2D eigenvalue weighted by molar-refractivity contribution is 6.30. The highest BCUT2D eigenvalue weighted by Crippen LogP contribution is 2.35. The number of benzene rings is 1. The molecule has 0 aliphatic rings. The number of hydrogen-bond donors (Lipinski definition) is 2. The van der Waals surface area contributed by atoms with Crippen molar-refractivity contribution in [2.75, 3.05) is 0 Å². The monoisotopic (exact) mass is 313 g/mol. The average Bonchev–Trinajstić information content (AvgIpc) is 2.79. The van der Waals surface area contributed by atoms with Gasteiger partial charge in [0.15, 0.2) is 5.65 Å². The van der Waals surface area contributed by atoms with E-state index in [0.29, 0.717) is 10.6 Å². The molecule has 2 heterocycles. The van der Waals surface area contributed by atoms with Gasteiger partial charge < -0.3 is 0 Å². The predicted molar refractivity (Wildman–Crippen MR) is 72.2 cm³/mol. The quantitative estimate of drug-likeness (QED) is 0.721. The van der Waals surface area contributed by atoms with E-state index in [1.165, 1.54) is 0 Å². The van der Waals surface area contributed by atoms with Crippen LogP contribution in [0.2, 0.25) is 5.02 Å². The third-order valence-corrected chi connectivity index (χ3v) is 3.24. The zero-order valence-corrected chi connectivity index (χ0v) is 11.0. The van der Waals surface area contributed by atoms with Crippen molar-refractivity contribution >= 4 is 22.6 Å². The van der Waals surface area contributed by atoms with Crippen LogP contribution in [0.3, 0.4) is 0 Å². The Balaban J connectivity index is 2.31. The van der Waals surface area contributed by atoms with Crippen molar-refractivity contribution in [3.05, 3.63) is 51.3 Å². The van der Waals surface area contributed by atoms with Crippen LogP contribution in [-0.4, -0.2) is 15.2 Å². The van der Waals surface area contributed by atoms with Crippen LogP contribution in [-0.2, 0) is 6.18 Å². The lowest BCUT2D eigenvalue weighted by Gasteiger charge is -2.09. The molecule has 1 aromatic carbocycles. The van der Waals surface area contributed by atoms with E-state index in [0.717, 1.165) is 6.07 Å². The first-order valence-electron chi connectivity index (χ1n) is 5.81. The lowest BCUT2D eigenvalue weighted by Crippen LogP contribution is -2.11. The summed E-state index contributed by atoms with van der Waals surface area (Å²) in [4.78, 5) is 15.5. The summed E-state index contributed by atoms with van der Waals surface area (Å²) in [5, 5.41) is 4.42. The molecule has 0 radical (unpaired) electrons. The van der Waals surface area contributed by atoms with Gasteiger partial charge in [-0.05, 0) is 18.2 Å². The zero-order chi connectivity index (χ0) is 15.2. The van der Waals surface area contributed by atoms with Gasteiger partial charge in [-0.25, -0.2) is 4.98 Å². The van der Waals surface area contributed by atoms with E-state index in [-0.39, 0.29) is 11.3 Å². The van der Waals surface area contributed by atoms with Crippen LogP contribution in [0.1, 0.15) is 5.56 Å². The summed E-state index contributed by atoms with van der Waals surface area (Å²) >= 11 is 5.75. The Morgan fingerprint density at radius 1 is 1.10 bits per heavy atom. The van der Waals surface area contributed by atoms with Crippen molar-refractivity contribution in [1.82, 2.24) is 15.2 Å². The number of alkyl halides is 3. The van der Waals surface area contributed by atoms with E-state index >= 15 is 0 Å². The van der Waals surface area contributed by atoms with E-state index in [2.05, 4.69) is 15.2 Å². The summed E-state index contributed by atoms with van der Waals surface area (Å²) in [6, 6.07) is 7.07. The molecule has 0 bridgehead atoms. The summed E-state index contributed by atoms with van der Waals surface area (Å²) in [6.07, 6.45) is -4.66. The molecule has 0 saturated heterocycles. The Morgan fingerprint density at radius 3 is 2.38 bits per heavy atom. The fraction of sp³-hybridized carbons (Fsp3) is 0.0769. The SMILES string of the molecule is O=c1[nH][nH]c2nc(-c3ccc(Cl)cc3)cc(C(F)(F)F)c12. The molecule has 2 aromatic heterocycles. The third kappa shape index (κ3) is 2.40. The maximum absolute atomic E-state index is 13.1. The van der Waals surface area contributed by atoms with Crippen molar-refractivity contribution in [2.24, 2.45) is 0 Å². The summed E-state index contributed by atoms with van der Waals surface area (Å²) in [5.74, 6) is 0. The first-order chi connectivity index (χ1) is 9.86. The second-order valence-electron chi connectivity index (χ2n) is 4.36. The predicted octanol–water partition coefficient (Wildman–Crippen LogP) is 3.59. The van der Waals surface area contributed by atoms with Gasteiger partial charge in [0.25, 0.3) is 5.56 Å². The van der Waals surface area contributed by atoms with E-state index in [1.807, 2.05) is 0 Å². The van der Waals surface area contributed by atoms with Crippen LogP contribution in [0.25, 0.3) is 22.3 Å². The Bertz CT molecular complexity index is 865. The lowest BCUT2D eigenvalue weighted by atomic mass is 10.1. The molecule has 0 spiro atoms. The number of aromatic amines is 2. The Kier molecular flexibility index (Phi) is 3.02. The normalized spacial score (nSPS) is 12.0. The van der Waals surface area contributed by atoms with E-state index in [9.17, 15) is 18.0 Å². The number of hydrogen-bond acceptors (Lipinski definition) is 2. The highest BCUT2D eigenvalue weighted by atomic mass is 35.5. The molecule has 0 saturated carbocycles. The fourth-order valence-corrected chi connectivity index (χ4v) is 2.16. The molecule has 3 aromatic rings. The number of fused-ring (bicyclic) bond motifs is 1. The van der Waals surface area contributed by atoms with Gasteiger partial charge >= 0.3 is 6.18 Å². The van der Waals surface area contributed by atoms with E-state index < -0.39 is 22.7 Å². The average molecular weight is 314 g/mol. The molecular weight excluding hydrogens is 307 g/mol. The second kappa shape index (κ2) is 4.63. The van der Waals surface area contributed by atoms with Crippen LogP contribution in [0.15, 0.2) is 35.1 Å². The van der Waals surface area contributed by atoms with Crippen molar-refractivity contribution in [3.8, 4) is 11.3 Å². The first kappa shape index (κ1) is 13.7. The van der Waals surface area contributed by atoms with Gasteiger partial charge in [-0.15, -0.1) is 0 Å². The third-order valence-electron chi connectivity index (χ3n) is 2.99. The maximum atomic E-state index is 13.1. The van der Waals surface area contributed by atoms with Crippen LogP contribution in [0.4, 0.5) is 13.2 Å². The van der Waals surface area contributed by atoms with E-state index in [4.69, 9.17) is 11.6 Å². The maximum Gasteiger partial charge on any atom is 0.417 e. The van der Waals surface area contributed by atoms with E-state index in [1.54, 1.807) is 24.3 Å². The van der Waals surface area contributed by atoms with Gasteiger partial charge in [0, 0.05) is 10.6 Å². The zero-order valence-electron chi connectivity index (χ0n) is 10.3. The van der Waals surface area contributed by atoms with Gasteiger partial charge in [-0.2, -0.15) is 13.2 Å². The van der Waals surface area contributed by atoms with Crippen LogP contribution in [0, 0.1) is 0 Å². The Hall–Kier alpha value is -2.28. The minimum absolute atomic E-state index is 0.0988. The molecule has 0 atom stereocenters. The van der Waals surface area contributed by atoms with Crippen molar-refractivity contribution in [1.29, 1.82) is 0 Å². The molecule has 108 valence electrons. The first-order valence-corrected chi connectivity index (χ1v) is 6.18. The number of nitrogens with one attached hydrogen (secondary N) is 2. The molecule has 8 heteroatoms. The number of halogens is 4. The van der Waals surface area contributed by atoms with Crippen molar-refractivity contribution in [3.63, 3.8) is 0 Å². The molecule has 0 unspecified atom stereocenters. The van der Waals surface area contributed by atoms with Crippen molar-refractivity contribution in [2.45, 2.75) is 6.18 Å². The largest absolute Gasteiger partial charge is 0.417 e. The van der Waals surface area contributed by atoms with Crippen LogP contribution >= 0.6 is 11.6 Å². The number of H-pyrrole nitrogens is 2. The summed E-state index contributed by atoms with van der Waals surface area (Å²) in [7, 11) is 0. The molecule has 4 nitrogen and oxygen atoms in total. The summed E-state index contributed by atoms with van der Waals surface area (Å²) in [6.45, 7) is 0. The smallest absolute Gasteiger partial charge is 0.281 e. The van der Waals surface area contributed by atoms with Crippen LogP contribution < -0.4 is 5.56 Å². The second-order valence-corrected chi connectivity index (χ2v) is 4.80. The number of nitrogens with zero attached hydrogens (tertiary/aromatic N) is 1. The molecule has 0 amide bonds. The van der Waals surface area contributed by atoms with Gasteiger partial charge in [0.2, 0.25) is 0 Å². The van der Waals surface area contributed by atoms with Crippen molar-refractivity contribution < 1.29 is 13.2 Å². The highest BCUT2D eigenvalue weighted by Gasteiger charge is 2.35. The summed E-state index contributed by atoms with van der Waals surface area (Å²) < 4.78 is 39.4. The van der Waals surface area contributed by atoms with Gasteiger partial charge in [0.1, 0.15) is 0 Å². The van der Waals surface area contributed by atoms with Crippen LogP contribution in [0.5, 0.6) is 0 Å². The van der Waals surface area contributed by atoms with Gasteiger partial charge in [-0.1, -0.05) is 23.7 Å². The Morgan fingerprint density at radius 2 is 1.76 bits per heavy atom. The topological polar surface area (TPSA) is 61.5 Å².